The van der Waals surface area contributed by atoms with Gasteiger partial charge in [-0.15, -0.1) is 0 Å². The Morgan fingerprint density at radius 3 is 3.08 bits per heavy atom. The Labute approximate surface area is 139 Å². The molecule has 0 aliphatic carbocycles. The molecule has 0 saturated heterocycles. The Morgan fingerprint density at radius 2 is 2.33 bits per heavy atom. The van der Waals surface area contributed by atoms with Crippen LogP contribution in [-0.2, 0) is 16.2 Å². The number of oxime groups is 1. The topological polar surface area (TPSA) is 68.5 Å². The van der Waals surface area contributed by atoms with E-state index >= 15 is 0 Å². The molecule has 126 valence electrons. The lowest BCUT2D eigenvalue weighted by Gasteiger charge is -2.20. The molecule has 0 fully saturated rings. The van der Waals surface area contributed by atoms with Gasteiger partial charge >= 0.3 is 0 Å². The zero-order chi connectivity index (χ0) is 17.0. The second kappa shape index (κ2) is 6.82. The number of carbonyl (C=O) groups is 1. The molecule has 1 amide bonds. The van der Waals surface area contributed by atoms with Crippen molar-refractivity contribution in [2.24, 2.45) is 5.16 Å². The van der Waals surface area contributed by atoms with Crippen molar-refractivity contribution in [2.45, 2.75) is 31.9 Å². The zero-order valence-electron chi connectivity index (χ0n) is 13.4. The second-order valence-electron chi connectivity index (χ2n) is 5.93. The first kappa shape index (κ1) is 16.2. The molecule has 0 saturated carbocycles. The van der Waals surface area contributed by atoms with Crippen LogP contribution in [-0.4, -0.2) is 33.5 Å². The van der Waals surface area contributed by atoms with E-state index in [-0.39, 0.29) is 11.7 Å². The first-order valence-corrected chi connectivity index (χ1v) is 7.83. The van der Waals surface area contributed by atoms with Crippen molar-refractivity contribution in [3.05, 3.63) is 54.1 Å². The smallest absolute Gasteiger partial charge is 0.267 e. The SMILES string of the molecule is C[C@@]1(C(=O)NCCCn2cccn2)CC(c2cccc(F)c2)=NO1. The molecule has 1 aliphatic heterocycles. The van der Waals surface area contributed by atoms with Crippen LogP contribution >= 0.6 is 0 Å². The molecular weight excluding hydrogens is 311 g/mol. The van der Waals surface area contributed by atoms with Gasteiger partial charge in [-0.05, 0) is 31.5 Å². The quantitative estimate of drug-likeness (QED) is 0.825. The molecule has 0 unspecified atom stereocenters. The molecule has 0 radical (unpaired) electrons. The molecule has 1 N–H and O–H groups in total. The summed E-state index contributed by atoms with van der Waals surface area (Å²) < 4.78 is 15.1. The number of halogens is 1. The third-order valence-electron chi connectivity index (χ3n) is 3.91. The van der Waals surface area contributed by atoms with Crippen LogP contribution in [0, 0.1) is 5.82 Å². The molecule has 7 heteroatoms. The van der Waals surface area contributed by atoms with Gasteiger partial charge in [-0.3, -0.25) is 9.48 Å². The number of hydrogen-bond acceptors (Lipinski definition) is 4. The number of amides is 1. The lowest BCUT2D eigenvalue weighted by Crippen LogP contribution is -2.45. The lowest BCUT2D eigenvalue weighted by atomic mass is 9.95. The number of benzene rings is 1. The monoisotopic (exact) mass is 330 g/mol. The van der Waals surface area contributed by atoms with E-state index in [1.807, 2.05) is 16.9 Å². The third kappa shape index (κ3) is 3.61. The van der Waals surface area contributed by atoms with Crippen LogP contribution in [0.5, 0.6) is 0 Å². The highest BCUT2D eigenvalue weighted by Crippen LogP contribution is 2.27. The van der Waals surface area contributed by atoms with Crippen molar-refractivity contribution in [1.82, 2.24) is 15.1 Å². The second-order valence-corrected chi connectivity index (χ2v) is 5.93. The Balaban J connectivity index is 1.50. The minimum Gasteiger partial charge on any atom is -0.379 e. The Morgan fingerprint density at radius 1 is 1.46 bits per heavy atom. The number of nitrogens with one attached hydrogen (secondary N) is 1. The van der Waals surface area contributed by atoms with Gasteiger partial charge < -0.3 is 10.2 Å². The molecular formula is C17H19FN4O2. The van der Waals surface area contributed by atoms with E-state index in [1.165, 1.54) is 12.1 Å². The fourth-order valence-electron chi connectivity index (χ4n) is 2.55. The highest BCUT2D eigenvalue weighted by atomic mass is 19.1. The molecule has 6 nitrogen and oxygen atoms in total. The number of hydrogen-bond donors (Lipinski definition) is 1. The summed E-state index contributed by atoms with van der Waals surface area (Å²) >= 11 is 0. The average molecular weight is 330 g/mol. The van der Waals surface area contributed by atoms with Gasteiger partial charge in [0.05, 0.1) is 5.71 Å². The summed E-state index contributed by atoms with van der Waals surface area (Å²) in [5, 5.41) is 10.9. The first-order chi connectivity index (χ1) is 11.6. The van der Waals surface area contributed by atoms with Gasteiger partial charge in [0.2, 0.25) is 5.60 Å². The van der Waals surface area contributed by atoms with Crippen molar-refractivity contribution in [3.63, 3.8) is 0 Å². The van der Waals surface area contributed by atoms with Crippen molar-refractivity contribution in [1.29, 1.82) is 0 Å². The minimum absolute atomic E-state index is 0.224. The van der Waals surface area contributed by atoms with Crippen LogP contribution in [0.3, 0.4) is 0 Å². The number of carbonyl (C=O) groups excluding carboxylic acids is 1. The molecule has 2 aromatic rings. The predicted molar refractivity (Wildman–Crippen MR) is 86.9 cm³/mol. The van der Waals surface area contributed by atoms with Crippen LogP contribution in [0.1, 0.15) is 25.3 Å². The average Bonchev–Trinajstić information content (AvgIpc) is 3.22. The molecule has 1 aromatic heterocycles. The summed E-state index contributed by atoms with van der Waals surface area (Å²) in [5.41, 5.74) is 0.141. The van der Waals surface area contributed by atoms with Gasteiger partial charge in [0, 0.05) is 37.5 Å². The van der Waals surface area contributed by atoms with Gasteiger partial charge in [0.25, 0.3) is 5.91 Å². The lowest BCUT2D eigenvalue weighted by molar-refractivity contribution is -0.141. The standard InChI is InChI=1S/C17H19FN4O2/c1-17(16(23)19-7-3-9-22-10-4-8-20-22)12-15(21-24-17)13-5-2-6-14(18)11-13/h2,4-6,8,10-11H,3,7,9,12H2,1H3,(H,19,23)/t17-/m0/s1. The predicted octanol–water partition coefficient (Wildman–Crippen LogP) is 2.11. The molecule has 3 rings (SSSR count). The highest BCUT2D eigenvalue weighted by Gasteiger charge is 2.42. The Bertz CT molecular complexity index is 745. The fourth-order valence-corrected chi connectivity index (χ4v) is 2.55. The van der Waals surface area contributed by atoms with E-state index in [1.54, 1.807) is 25.3 Å². The molecule has 1 aliphatic rings. The van der Waals surface area contributed by atoms with Crippen molar-refractivity contribution < 1.29 is 14.0 Å². The van der Waals surface area contributed by atoms with Gasteiger partial charge in [0.15, 0.2) is 0 Å². The maximum Gasteiger partial charge on any atom is 0.267 e. The maximum atomic E-state index is 13.3. The summed E-state index contributed by atoms with van der Waals surface area (Å²) in [6.07, 6.45) is 4.67. The summed E-state index contributed by atoms with van der Waals surface area (Å²) in [6.45, 7) is 2.94. The largest absolute Gasteiger partial charge is 0.379 e. The normalized spacial score (nSPS) is 19.7. The molecule has 1 atom stereocenters. The van der Waals surface area contributed by atoms with Crippen LogP contribution in [0.15, 0.2) is 47.9 Å². The van der Waals surface area contributed by atoms with Crippen molar-refractivity contribution in [3.8, 4) is 0 Å². The summed E-state index contributed by atoms with van der Waals surface area (Å²) in [5.74, 6) is -0.565. The number of aromatic nitrogens is 2. The summed E-state index contributed by atoms with van der Waals surface area (Å²) in [7, 11) is 0. The van der Waals surface area contributed by atoms with Crippen LogP contribution in [0.4, 0.5) is 4.39 Å². The molecule has 1 aromatic carbocycles. The van der Waals surface area contributed by atoms with E-state index in [9.17, 15) is 9.18 Å². The third-order valence-corrected chi connectivity index (χ3v) is 3.91. The summed E-state index contributed by atoms with van der Waals surface area (Å²) in [4.78, 5) is 17.7. The number of aryl methyl sites for hydroxylation is 1. The zero-order valence-corrected chi connectivity index (χ0v) is 13.4. The number of nitrogens with zero attached hydrogens (tertiary/aromatic N) is 3. The molecule has 24 heavy (non-hydrogen) atoms. The maximum absolute atomic E-state index is 13.3. The van der Waals surface area contributed by atoms with Crippen molar-refractivity contribution >= 4 is 11.6 Å². The summed E-state index contributed by atoms with van der Waals surface area (Å²) in [6, 6.07) is 7.97. The van der Waals surface area contributed by atoms with Crippen LogP contribution < -0.4 is 5.32 Å². The molecule has 2 heterocycles. The van der Waals surface area contributed by atoms with Gasteiger partial charge in [0.1, 0.15) is 5.82 Å². The number of rotatable bonds is 6. The molecule has 0 bridgehead atoms. The van der Waals surface area contributed by atoms with Gasteiger partial charge in [-0.1, -0.05) is 17.3 Å². The van der Waals surface area contributed by atoms with Gasteiger partial charge in [-0.25, -0.2) is 4.39 Å². The van der Waals surface area contributed by atoms with E-state index in [4.69, 9.17) is 4.84 Å². The van der Waals surface area contributed by atoms with E-state index in [0.717, 1.165) is 13.0 Å². The van der Waals surface area contributed by atoms with Crippen LogP contribution in [0.2, 0.25) is 0 Å². The fraction of sp³-hybridized carbons (Fsp3) is 0.353. The Kier molecular flexibility index (Phi) is 4.59. The van der Waals surface area contributed by atoms with Crippen LogP contribution in [0.25, 0.3) is 0 Å². The van der Waals surface area contributed by atoms with Crippen molar-refractivity contribution in [2.75, 3.05) is 6.54 Å². The Hall–Kier alpha value is -2.70. The van der Waals surface area contributed by atoms with Gasteiger partial charge in [-0.2, -0.15) is 5.10 Å². The van der Waals surface area contributed by atoms with E-state index in [0.29, 0.717) is 24.2 Å². The van der Waals surface area contributed by atoms with E-state index in [2.05, 4.69) is 15.6 Å². The van der Waals surface area contributed by atoms with E-state index < -0.39 is 5.60 Å². The first-order valence-electron chi connectivity index (χ1n) is 7.83. The minimum atomic E-state index is -1.06. The highest BCUT2D eigenvalue weighted by molar-refractivity contribution is 6.05. The molecule has 0 spiro atoms.